The average molecular weight is 267 g/mol. The van der Waals surface area contributed by atoms with E-state index in [1.807, 2.05) is 19.1 Å². The maximum absolute atomic E-state index is 6.09. The van der Waals surface area contributed by atoms with Crippen molar-refractivity contribution < 1.29 is 9.47 Å². The van der Waals surface area contributed by atoms with Gasteiger partial charge in [0.25, 0.3) is 0 Å². The Bertz CT molecular complexity index is 584. The van der Waals surface area contributed by atoms with Gasteiger partial charge in [-0.2, -0.15) is 0 Å². The van der Waals surface area contributed by atoms with Gasteiger partial charge in [0.1, 0.15) is 11.6 Å². The zero-order valence-corrected chi connectivity index (χ0v) is 10.5. The molecule has 0 radical (unpaired) electrons. The third-order valence-electron chi connectivity index (χ3n) is 2.78. The number of halogens is 1. The predicted octanol–water partition coefficient (Wildman–Crippen LogP) is 1.55. The second-order valence-corrected chi connectivity index (χ2v) is 4.48. The maximum Gasteiger partial charge on any atom is 0.189 e. The van der Waals surface area contributed by atoms with E-state index >= 15 is 0 Å². The van der Waals surface area contributed by atoms with Crippen molar-refractivity contribution in [1.29, 1.82) is 0 Å². The van der Waals surface area contributed by atoms with Gasteiger partial charge < -0.3 is 9.47 Å². The van der Waals surface area contributed by atoms with Crippen molar-refractivity contribution in [2.45, 2.75) is 20.1 Å². The molecule has 94 valence electrons. The molecule has 0 unspecified atom stereocenters. The predicted molar refractivity (Wildman–Crippen MR) is 63.4 cm³/mol. The van der Waals surface area contributed by atoms with Gasteiger partial charge in [-0.25, -0.2) is 4.68 Å². The van der Waals surface area contributed by atoms with Gasteiger partial charge in [-0.1, -0.05) is 11.6 Å². The molecule has 18 heavy (non-hydrogen) atoms. The van der Waals surface area contributed by atoms with Gasteiger partial charge >= 0.3 is 0 Å². The van der Waals surface area contributed by atoms with Crippen LogP contribution in [0, 0.1) is 6.92 Å². The molecule has 3 rings (SSSR count). The number of fused-ring (bicyclic) bond motifs is 1. The van der Waals surface area contributed by atoms with Gasteiger partial charge in [0.05, 0.1) is 13.2 Å². The van der Waals surface area contributed by atoms with Crippen LogP contribution in [-0.4, -0.2) is 27.0 Å². The second kappa shape index (κ2) is 4.55. The van der Waals surface area contributed by atoms with Crippen LogP contribution in [0.4, 0.5) is 0 Å². The summed E-state index contributed by atoms with van der Waals surface area (Å²) in [4.78, 5) is 0. The largest absolute Gasteiger partial charge is 0.467 e. The van der Waals surface area contributed by atoms with Crippen LogP contribution in [0.1, 0.15) is 17.0 Å². The van der Waals surface area contributed by atoms with Crippen molar-refractivity contribution in [2.24, 2.45) is 0 Å². The molecule has 0 fully saturated rings. The summed E-state index contributed by atoms with van der Waals surface area (Å²) in [5.41, 5.74) is 1.91. The maximum atomic E-state index is 6.09. The Balaban J connectivity index is 2.01. The number of rotatable bonds is 2. The Labute approximate surface area is 108 Å². The van der Waals surface area contributed by atoms with E-state index in [4.69, 9.17) is 21.1 Å². The monoisotopic (exact) mass is 266 g/mol. The van der Waals surface area contributed by atoms with Gasteiger partial charge in [0, 0.05) is 16.1 Å². The van der Waals surface area contributed by atoms with Gasteiger partial charge in [-0.3, -0.25) is 0 Å². The lowest BCUT2D eigenvalue weighted by atomic mass is 10.1. The van der Waals surface area contributed by atoms with E-state index in [1.54, 1.807) is 4.68 Å². The number of hydrogen-bond donors (Lipinski definition) is 0. The van der Waals surface area contributed by atoms with E-state index in [1.165, 1.54) is 0 Å². The average Bonchev–Trinajstić information content (AvgIpc) is 2.75. The number of benzene rings is 1. The van der Waals surface area contributed by atoms with E-state index in [-0.39, 0.29) is 6.79 Å². The van der Waals surface area contributed by atoms with E-state index in [0.717, 1.165) is 22.7 Å². The van der Waals surface area contributed by atoms with Gasteiger partial charge in [0.15, 0.2) is 6.79 Å². The summed E-state index contributed by atoms with van der Waals surface area (Å²) >= 11 is 6.09. The molecule has 1 aromatic carbocycles. The van der Waals surface area contributed by atoms with Crippen molar-refractivity contribution >= 4 is 11.6 Å². The van der Waals surface area contributed by atoms with Crippen molar-refractivity contribution in [1.82, 2.24) is 20.2 Å². The first kappa shape index (κ1) is 11.4. The van der Waals surface area contributed by atoms with Gasteiger partial charge in [-0.15, -0.1) is 5.10 Å². The minimum absolute atomic E-state index is 0.260. The van der Waals surface area contributed by atoms with Crippen LogP contribution in [0.25, 0.3) is 0 Å². The molecule has 2 heterocycles. The summed E-state index contributed by atoms with van der Waals surface area (Å²) in [6.45, 7) is 3.15. The van der Waals surface area contributed by atoms with Crippen molar-refractivity contribution in [3.05, 3.63) is 34.1 Å². The number of ether oxygens (including phenoxy) is 2. The molecule has 1 aliphatic rings. The quantitative estimate of drug-likeness (QED) is 0.825. The van der Waals surface area contributed by atoms with Crippen LogP contribution in [0.2, 0.25) is 5.02 Å². The summed E-state index contributed by atoms with van der Waals surface area (Å²) in [6, 6.07) is 3.72. The molecule has 0 bridgehead atoms. The fraction of sp³-hybridized carbons (Fsp3) is 0.364. The third-order valence-corrected chi connectivity index (χ3v) is 3.00. The highest BCUT2D eigenvalue weighted by molar-refractivity contribution is 6.30. The summed E-state index contributed by atoms with van der Waals surface area (Å²) in [5.74, 6) is 1.57. The van der Waals surface area contributed by atoms with Gasteiger partial charge in [0.2, 0.25) is 0 Å². The molecule has 7 heteroatoms. The first-order valence-electron chi connectivity index (χ1n) is 5.48. The molecule has 1 aliphatic heterocycles. The SMILES string of the molecule is Cc1nnnn1Cc1cc(Cl)cc2c1OCOC2. The van der Waals surface area contributed by atoms with Crippen molar-refractivity contribution in [3.8, 4) is 5.75 Å². The van der Waals surface area contributed by atoms with Crippen LogP contribution in [0.3, 0.4) is 0 Å². The molecule has 6 nitrogen and oxygen atoms in total. The number of aromatic nitrogens is 4. The molecule has 0 N–H and O–H groups in total. The summed E-state index contributed by atoms with van der Waals surface area (Å²) in [5, 5.41) is 12.0. The molecular weight excluding hydrogens is 256 g/mol. The minimum atomic E-state index is 0.260. The van der Waals surface area contributed by atoms with Crippen LogP contribution < -0.4 is 4.74 Å². The van der Waals surface area contributed by atoms with Crippen molar-refractivity contribution in [3.63, 3.8) is 0 Å². The third kappa shape index (κ3) is 2.04. The highest BCUT2D eigenvalue weighted by Crippen LogP contribution is 2.32. The number of aryl methyl sites for hydroxylation is 1. The molecule has 0 amide bonds. The minimum Gasteiger partial charge on any atom is -0.467 e. The molecule has 0 spiro atoms. The topological polar surface area (TPSA) is 62.1 Å². The van der Waals surface area contributed by atoms with E-state index < -0.39 is 0 Å². The van der Waals surface area contributed by atoms with Crippen molar-refractivity contribution in [2.75, 3.05) is 6.79 Å². The summed E-state index contributed by atoms with van der Waals surface area (Å²) in [7, 11) is 0. The number of hydrogen-bond acceptors (Lipinski definition) is 5. The zero-order chi connectivity index (χ0) is 12.5. The number of nitrogens with zero attached hydrogens (tertiary/aromatic N) is 4. The lowest BCUT2D eigenvalue weighted by Gasteiger charge is -2.21. The smallest absolute Gasteiger partial charge is 0.189 e. The van der Waals surface area contributed by atoms with Crippen LogP contribution >= 0.6 is 11.6 Å². The number of tetrazole rings is 1. The Morgan fingerprint density at radius 3 is 3.11 bits per heavy atom. The molecule has 2 aromatic rings. The first-order chi connectivity index (χ1) is 8.74. The standard InChI is InChI=1S/C11H11ClN4O2/c1-7-13-14-15-16(7)4-8-2-10(12)3-9-5-17-6-18-11(8)9/h2-3H,4-6H2,1H3. The Hall–Kier alpha value is -1.66. The zero-order valence-electron chi connectivity index (χ0n) is 9.76. The Kier molecular flexibility index (Phi) is 2.89. The van der Waals surface area contributed by atoms with Crippen LogP contribution in [0.5, 0.6) is 5.75 Å². The van der Waals surface area contributed by atoms with Gasteiger partial charge in [-0.05, 0) is 29.5 Å². The first-order valence-corrected chi connectivity index (χ1v) is 5.86. The molecule has 0 atom stereocenters. The lowest BCUT2D eigenvalue weighted by molar-refractivity contribution is -0.0171. The molecule has 0 saturated heterocycles. The van der Waals surface area contributed by atoms with E-state index in [9.17, 15) is 0 Å². The highest BCUT2D eigenvalue weighted by Gasteiger charge is 2.17. The molecule has 0 saturated carbocycles. The summed E-state index contributed by atoms with van der Waals surface area (Å²) < 4.78 is 12.5. The van der Waals surface area contributed by atoms with Crippen LogP contribution in [-0.2, 0) is 17.9 Å². The second-order valence-electron chi connectivity index (χ2n) is 4.05. The molecular formula is C11H11ClN4O2. The molecule has 0 aliphatic carbocycles. The lowest BCUT2D eigenvalue weighted by Crippen LogP contribution is -2.15. The fourth-order valence-corrected chi connectivity index (χ4v) is 2.19. The highest BCUT2D eigenvalue weighted by atomic mass is 35.5. The summed E-state index contributed by atoms with van der Waals surface area (Å²) in [6.07, 6.45) is 0. The van der Waals surface area contributed by atoms with E-state index in [2.05, 4.69) is 15.5 Å². The molecule has 1 aromatic heterocycles. The normalized spacial score (nSPS) is 14.1. The van der Waals surface area contributed by atoms with E-state index in [0.29, 0.717) is 18.2 Å². The Morgan fingerprint density at radius 2 is 2.33 bits per heavy atom. The fourth-order valence-electron chi connectivity index (χ4n) is 1.93. The Morgan fingerprint density at radius 1 is 1.44 bits per heavy atom. The van der Waals surface area contributed by atoms with Crippen LogP contribution in [0.15, 0.2) is 12.1 Å².